The first-order chi connectivity index (χ1) is 9.63. The van der Waals surface area contributed by atoms with E-state index in [0.29, 0.717) is 24.6 Å². The molecule has 20 heavy (non-hydrogen) atoms. The maximum Gasteiger partial charge on any atom is 0.341 e. The van der Waals surface area contributed by atoms with Crippen LogP contribution in [0.5, 0.6) is 5.75 Å². The quantitative estimate of drug-likeness (QED) is 0.926. The topological polar surface area (TPSA) is 73.1 Å². The van der Waals surface area contributed by atoms with Gasteiger partial charge in [0.15, 0.2) is 0 Å². The number of aromatic carboxylic acids is 1. The van der Waals surface area contributed by atoms with Crippen molar-refractivity contribution in [1.82, 2.24) is 9.38 Å². The Morgan fingerprint density at radius 3 is 2.90 bits per heavy atom. The fourth-order valence-electron chi connectivity index (χ4n) is 2.37. The number of rotatable bonds is 3. The Balaban J connectivity index is 1.97. The molecule has 1 aliphatic heterocycles. The first-order valence-corrected chi connectivity index (χ1v) is 6.60. The van der Waals surface area contributed by atoms with E-state index in [4.69, 9.17) is 9.47 Å². The van der Waals surface area contributed by atoms with Crippen LogP contribution in [0, 0.1) is 6.92 Å². The minimum absolute atomic E-state index is 0.000333. The summed E-state index contributed by atoms with van der Waals surface area (Å²) in [4.78, 5) is 15.7. The summed E-state index contributed by atoms with van der Waals surface area (Å²) in [6.45, 7) is 3.17. The molecule has 2 aromatic heterocycles. The number of ether oxygens (including phenoxy) is 2. The zero-order valence-corrected chi connectivity index (χ0v) is 11.2. The van der Waals surface area contributed by atoms with Gasteiger partial charge in [-0.2, -0.15) is 0 Å². The second-order valence-electron chi connectivity index (χ2n) is 4.93. The van der Waals surface area contributed by atoms with Gasteiger partial charge >= 0.3 is 5.97 Å². The Kier molecular flexibility index (Phi) is 3.31. The first-order valence-electron chi connectivity index (χ1n) is 6.60. The SMILES string of the molecule is Cc1cn2cc(C(=O)O)c(OC3CCOCC3)cc2n1. The summed E-state index contributed by atoms with van der Waals surface area (Å²) in [7, 11) is 0. The summed E-state index contributed by atoms with van der Waals surface area (Å²) in [6, 6.07) is 1.69. The van der Waals surface area contributed by atoms with Crippen LogP contribution in [0.1, 0.15) is 28.9 Å². The van der Waals surface area contributed by atoms with Crippen LogP contribution in [0.25, 0.3) is 5.65 Å². The van der Waals surface area contributed by atoms with Crippen LogP contribution in [-0.4, -0.2) is 39.8 Å². The lowest BCUT2D eigenvalue weighted by molar-refractivity contribution is 0.0248. The van der Waals surface area contributed by atoms with Crippen LogP contribution in [0.2, 0.25) is 0 Å². The molecule has 1 aliphatic rings. The van der Waals surface area contributed by atoms with E-state index < -0.39 is 5.97 Å². The van der Waals surface area contributed by atoms with Gasteiger partial charge in [-0.3, -0.25) is 0 Å². The number of aromatic nitrogens is 2. The minimum Gasteiger partial charge on any atom is -0.489 e. The predicted molar refractivity (Wildman–Crippen MR) is 71.4 cm³/mol. The molecule has 3 rings (SSSR count). The Morgan fingerprint density at radius 2 is 2.20 bits per heavy atom. The van der Waals surface area contributed by atoms with Crippen LogP contribution in [-0.2, 0) is 4.74 Å². The van der Waals surface area contributed by atoms with Gasteiger partial charge in [-0.25, -0.2) is 9.78 Å². The maximum absolute atomic E-state index is 11.4. The molecule has 0 atom stereocenters. The lowest BCUT2D eigenvalue weighted by Crippen LogP contribution is -2.26. The molecule has 0 unspecified atom stereocenters. The van der Waals surface area contributed by atoms with Crippen molar-refractivity contribution in [3.8, 4) is 5.75 Å². The Morgan fingerprint density at radius 1 is 1.45 bits per heavy atom. The summed E-state index contributed by atoms with van der Waals surface area (Å²) in [5.74, 6) is -0.622. The monoisotopic (exact) mass is 276 g/mol. The summed E-state index contributed by atoms with van der Waals surface area (Å²) < 4.78 is 12.8. The number of aryl methyl sites for hydroxylation is 1. The fourth-order valence-corrected chi connectivity index (χ4v) is 2.37. The minimum atomic E-state index is -1.000. The van der Waals surface area contributed by atoms with Crippen molar-refractivity contribution < 1.29 is 19.4 Å². The third-order valence-electron chi connectivity index (χ3n) is 3.37. The van der Waals surface area contributed by atoms with Crippen molar-refractivity contribution in [2.75, 3.05) is 13.2 Å². The number of pyridine rings is 1. The van der Waals surface area contributed by atoms with E-state index in [1.165, 1.54) is 0 Å². The van der Waals surface area contributed by atoms with Crippen molar-refractivity contribution in [2.45, 2.75) is 25.9 Å². The van der Waals surface area contributed by atoms with E-state index in [-0.39, 0.29) is 11.7 Å². The van der Waals surface area contributed by atoms with Crippen LogP contribution >= 0.6 is 0 Å². The number of hydrogen-bond donors (Lipinski definition) is 1. The van der Waals surface area contributed by atoms with Gasteiger partial charge in [0, 0.05) is 31.3 Å². The Bertz CT molecular complexity index is 644. The van der Waals surface area contributed by atoms with Gasteiger partial charge in [-0.1, -0.05) is 0 Å². The van der Waals surface area contributed by atoms with Crippen LogP contribution < -0.4 is 4.74 Å². The maximum atomic E-state index is 11.4. The molecule has 6 nitrogen and oxygen atoms in total. The van der Waals surface area contributed by atoms with E-state index in [2.05, 4.69) is 4.98 Å². The average Bonchev–Trinajstić information content (AvgIpc) is 2.78. The van der Waals surface area contributed by atoms with Crippen molar-refractivity contribution >= 4 is 11.6 Å². The largest absolute Gasteiger partial charge is 0.489 e. The molecule has 0 aliphatic carbocycles. The van der Waals surface area contributed by atoms with Gasteiger partial charge in [0.05, 0.1) is 18.9 Å². The molecule has 1 fully saturated rings. The van der Waals surface area contributed by atoms with E-state index in [1.807, 2.05) is 6.92 Å². The summed E-state index contributed by atoms with van der Waals surface area (Å²) in [6.07, 6.45) is 4.89. The number of carboxylic acids is 1. The molecule has 0 saturated carbocycles. The number of hydrogen-bond acceptors (Lipinski definition) is 4. The van der Waals surface area contributed by atoms with E-state index in [1.54, 1.807) is 22.9 Å². The van der Waals surface area contributed by atoms with Gasteiger partial charge in [-0.15, -0.1) is 0 Å². The predicted octanol–water partition coefficient (Wildman–Crippen LogP) is 1.90. The number of carboxylic acid groups (broad SMARTS) is 1. The van der Waals surface area contributed by atoms with Crippen LogP contribution in [0.15, 0.2) is 18.5 Å². The van der Waals surface area contributed by atoms with Crippen molar-refractivity contribution in [3.05, 3.63) is 29.7 Å². The van der Waals surface area contributed by atoms with E-state index in [9.17, 15) is 9.90 Å². The Hall–Kier alpha value is -2.08. The zero-order valence-electron chi connectivity index (χ0n) is 11.2. The van der Waals surface area contributed by atoms with Crippen molar-refractivity contribution in [2.24, 2.45) is 0 Å². The first kappa shape index (κ1) is 12.9. The molecule has 1 N–H and O–H groups in total. The van der Waals surface area contributed by atoms with E-state index >= 15 is 0 Å². The number of fused-ring (bicyclic) bond motifs is 1. The highest BCUT2D eigenvalue weighted by molar-refractivity contribution is 5.91. The number of imidazole rings is 1. The molecule has 0 amide bonds. The highest BCUT2D eigenvalue weighted by Crippen LogP contribution is 2.25. The zero-order chi connectivity index (χ0) is 14.1. The highest BCUT2D eigenvalue weighted by Gasteiger charge is 2.20. The highest BCUT2D eigenvalue weighted by atomic mass is 16.5. The molecule has 1 saturated heterocycles. The third kappa shape index (κ3) is 2.46. The second kappa shape index (κ2) is 5.13. The standard InChI is InChI=1S/C14H16N2O4/c1-9-7-16-8-11(14(17)18)12(6-13(16)15-9)20-10-2-4-19-5-3-10/h6-8,10H,2-5H2,1H3,(H,17,18). The molecule has 106 valence electrons. The lowest BCUT2D eigenvalue weighted by atomic mass is 10.1. The van der Waals surface area contributed by atoms with Crippen LogP contribution in [0.4, 0.5) is 0 Å². The normalized spacial score (nSPS) is 16.4. The van der Waals surface area contributed by atoms with Gasteiger partial charge in [-0.05, 0) is 6.92 Å². The summed E-state index contributed by atoms with van der Waals surface area (Å²) >= 11 is 0. The van der Waals surface area contributed by atoms with Gasteiger partial charge < -0.3 is 19.0 Å². The third-order valence-corrected chi connectivity index (χ3v) is 3.37. The van der Waals surface area contributed by atoms with Gasteiger partial charge in [0.25, 0.3) is 0 Å². The molecule has 2 aromatic rings. The molecule has 3 heterocycles. The molecular weight excluding hydrogens is 260 g/mol. The van der Waals surface area contributed by atoms with Crippen molar-refractivity contribution in [1.29, 1.82) is 0 Å². The van der Waals surface area contributed by atoms with Crippen LogP contribution in [0.3, 0.4) is 0 Å². The lowest BCUT2D eigenvalue weighted by Gasteiger charge is -2.24. The fraction of sp³-hybridized carbons (Fsp3) is 0.429. The smallest absolute Gasteiger partial charge is 0.341 e. The molecule has 0 radical (unpaired) electrons. The summed E-state index contributed by atoms with van der Waals surface area (Å²) in [5, 5.41) is 9.32. The number of carbonyl (C=O) groups is 1. The molecular formula is C14H16N2O4. The molecule has 0 spiro atoms. The molecule has 6 heteroatoms. The Labute approximate surface area is 116 Å². The van der Waals surface area contributed by atoms with Crippen molar-refractivity contribution in [3.63, 3.8) is 0 Å². The molecule has 0 aromatic carbocycles. The van der Waals surface area contributed by atoms with Gasteiger partial charge in [0.1, 0.15) is 23.1 Å². The summed E-state index contributed by atoms with van der Waals surface area (Å²) in [5.41, 5.74) is 1.68. The average molecular weight is 276 g/mol. The molecule has 0 bridgehead atoms. The number of nitrogens with zero attached hydrogens (tertiary/aromatic N) is 2. The van der Waals surface area contributed by atoms with Gasteiger partial charge in [0.2, 0.25) is 0 Å². The second-order valence-corrected chi connectivity index (χ2v) is 4.93. The van der Waals surface area contributed by atoms with E-state index in [0.717, 1.165) is 18.5 Å².